The molecule has 0 N–H and O–H groups in total. The number of thiazole rings is 1. The zero-order valence-corrected chi connectivity index (χ0v) is 13.3. The molecule has 1 aliphatic heterocycles. The second-order valence-electron chi connectivity index (χ2n) is 3.73. The summed E-state index contributed by atoms with van der Waals surface area (Å²) < 4.78 is 2.71. The summed E-state index contributed by atoms with van der Waals surface area (Å²) in [5.41, 5.74) is 1.02. The Bertz CT molecular complexity index is 669. The Hall–Kier alpha value is -0.960. The van der Waals surface area contributed by atoms with E-state index in [2.05, 4.69) is 0 Å². The number of hydrogen-bond donors (Lipinski definition) is 0. The molecule has 1 aliphatic rings. The monoisotopic (exact) mass is 329 g/mol. The average molecular weight is 329 g/mol. The molecular weight excluding hydrogens is 320 g/mol. The van der Waals surface area contributed by atoms with Crippen molar-refractivity contribution in [1.82, 2.24) is 9.47 Å². The Kier molecular flexibility index (Phi) is 4.24. The summed E-state index contributed by atoms with van der Waals surface area (Å²) in [5, 5.41) is 11.5. The lowest BCUT2D eigenvalue weighted by Crippen LogP contribution is -2.15. The molecule has 0 atom stereocenters. The molecule has 1 fully saturated rings. The highest BCUT2D eigenvalue weighted by Gasteiger charge is 2.27. The first-order chi connectivity index (χ1) is 8.91. The van der Waals surface area contributed by atoms with Crippen molar-refractivity contribution < 1.29 is 9.90 Å². The van der Waals surface area contributed by atoms with Crippen LogP contribution in [0.25, 0.3) is 6.08 Å². The fraction of sp³-hybridized carbons (Fsp3) is 0.182. The molecular formula is C11H9N2O2S4-. The van der Waals surface area contributed by atoms with E-state index in [4.69, 9.17) is 24.4 Å². The van der Waals surface area contributed by atoms with Crippen LogP contribution in [0.4, 0.5) is 0 Å². The van der Waals surface area contributed by atoms with Gasteiger partial charge in [0, 0.05) is 19.8 Å². The van der Waals surface area contributed by atoms with Crippen LogP contribution >= 0.6 is 47.5 Å². The maximum atomic E-state index is 11.6. The molecule has 4 nitrogen and oxygen atoms in total. The van der Waals surface area contributed by atoms with Crippen LogP contribution in [0.2, 0.25) is 0 Å². The lowest BCUT2D eigenvalue weighted by atomic mass is 10.3. The molecule has 0 spiro atoms. The highest BCUT2D eigenvalue weighted by atomic mass is 32.2. The first kappa shape index (κ1) is 14.4. The van der Waals surface area contributed by atoms with Gasteiger partial charge in [-0.05, 0) is 41.2 Å². The van der Waals surface area contributed by atoms with Crippen molar-refractivity contribution in [1.29, 1.82) is 0 Å². The first-order valence-electron chi connectivity index (χ1n) is 5.17. The maximum Gasteiger partial charge on any atom is 0.242 e. The minimum atomic E-state index is -0.0850. The average Bonchev–Trinajstić information content (AvgIpc) is 2.72. The van der Waals surface area contributed by atoms with E-state index in [9.17, 15) is 9.90 Å². The molecule has 2 rings (SSSR count). The van der Waals surface area contributed by atoms with E-state index in [0.29, 0.717) is 19.7 Å². The zero-order chi connectivity index (χ0) is 14.2. The fourth-order valence-electron chi connectivity index (χ4n) is 1.46. The van der Waals surface area contributed by atoms with Crippen LogP contribution < -0.4 is 5.11 Å². The van der Waals surface area contributed by atoms with E-state index in [1.165, 1.54) is 0 Å². The molecule has 0 bridgehead atoms. The van der Waals surface area contributed by atoms with Crippen LogP contribution in [0.15, 0.2) is 17.8 Å². The molecule has 1 aromatic heterocycles. The highest BCUT2D eigenvalue weighted by Crippen LogP contribution is 2.28. The number of hydrogen-bond acceptors (Lipinski definition) is 6. The summed E-state index contributed by atoms with van der Waals surface area (Å²) in [6, 6.07) is 0. The third-order valence-electron chi connectivity index (χ3n) is 2.56. The van der Waals surface area contributed by atoms with Crippen LogP contribution in [-0.4, -0.2) is 26.0 Å². The Morgan fingerprint density at radius 2 is 2.00 bits per heavy atom. The molecule has 2 heterocycles. The largest absolute Gasteiger partial charge is 0.864 e. The molecule has 19 heavy (non-hydrogen) atoms. The van der Waals surface area contributed by atoms with Gasteiger partial charge in [0.1, 0.15) is 4.32 Å². The van der Waals surface area contributed by atoms with Gasteiger partial charge >= 0.3 is 0 Å². The van der Waals surface area contributed by atoms with Gasteiger partial charge in [-0.25, -0.2) is 0 Å². The summed E-state index contributed by atoms with van der Waals surface area (Å²) in [5.74, 6) is 0. The number of carbonyl (C=O) groups excluding carboxylic acids is 1. The van der Waals surface area contributed by atoms with Gasteiger partial charge in [-0.1, -0.05) is 18.3 Å². The summed E-state index contributed by atoms with van der Waals surface area (Å²) in [4.78, 5) is 13.3. The van der Waals surface area contributed by atoms with Gasteiger partial charge in [0.2, 0.25) is 5.12 Å². The lowest BCUT2D eigenvalue weighted by Gasteiger charge is -2.08. The smallest absolute Gasteiger partial charge is 0.242 e. The number of carbonyl (C=O) groups is 1. The van der Waals surface area contributed by atoms with Crippen LogP contribution in [-0.2, 0) is 11.8 Å². The molecule has 0 unspecified atom stereocenters. The van der Waals surface area contributed by atoms with Gasteiger partial charge in [0.25, 0.3) is 0 Å². The molecule has 8 heteroatoms. The minimum absolute atomic E-state index is 0.0850. The third kappa shape index (κ3) is 2.81. The van der Waals surface area contributed by atoms with E-state index < -0.39 is 0 Å². The summed E-state index contributed by atoms with van der Waals surface area (Å²) >= 11 is 12.1. The number of aromatic nitrogens is 1. The van der Waals surface area contributed by atoms with Crippen molar-refractivity contribution in [3.05, 3.63) is 27.5 Å². The first-order valence-corrected chi connectivity index (χ1v) is 7.62. The molecule has 1 aromatic rings. The quantitative estimate of drug-likeness (QED) is 0.613. The van der Waals surface area contributed by atoms with Crippen molar-refractivity contribution in [2.75, 3.05) is 7.05 Å². The van der Waals surface area contributed by atoms with Gasteiger partial charge in [0.05, 0.1) is 5.70 Å². The Balaban J connectivity index is 2.27. The van der Waals surface area contributed by atoms with Gasteiger partial charge < -0.3 is 14.6 Å². The number of rotatable bonds is 2. The number of likely N-dealkylation sites (N-methyl/N-ethyl adjacent to an activating group) is 1. The van der Waals surface area contributed by atoms with E-state index >= 15 is 0 Å². The van der Waals surface area contributed by atoms with Crippen molar-refractivity contribution >= 4 is 63.0 Å². The summed E-state index contributed by atoms with van der Waals surface area (Å²) in [6.07, 6.45) is 4.96. The maximum absolute atomic E-state index is 11.6. The molecule has 100 valence electrons. The normalized spacial score (nSPS) is 18.2. The van der Waals surface area contributed by atoms with Crippen LogP contribution in [0.5, 0.6) is 5.06 Å². The molecule has 0 radical (unpaired) electrons. The van der Waals surface area contributed by atoms with E-state index in [0.717, 1.165) is 23.1 Å². The lowest BCUT2D eigenvalue weighted by molar-refractivity contribution is -0.262. The van der Waals surface area contributed by atoms with Gasteiger partial charge in [-0.3, -0.25) is 4.79 Å². The standard InChI is InChI=1S/C11H10N2O2S4/c1-12-6(8(14)18-10(12)16)4-3-5-7-9(15)19-11(17)13(7)2/h3-5,14H,1-2H3/p-1/b4-3?,7-5+. The van der Waals surface area contributed by atoms with Crippen molar-refractivity contribution in [3.63, 3.8) is 0 Å². The fourth-order valence-corrected chi connectivity index (χ4v) is 3.52. The Labute approximate surface area is 129 Å². The van der Waals surface area contributed by atoms with Crippen LogP contribution in [0, 0.1) is 3.95 Å². The Morgan fingerprint density at radius 1 is 1.32 bits per heavy atom. The predicted octanol–water partition coefficient (Wildman–Crippen LogP) is 2.28. The van der Waals surface area contributed by atoms with Gasteiger partial charge in [-0.2, -0.15) is 0 Å². The number of allylic oxidation sites excluding steroid dienone is 2. The van der Waals surface area contributed by atoms with E-state index in [1.807, 2.05) is 0 Å². The molecule has 0 amide bonds. The van der Waals surface area contributed by atoms with Crippen molar-refractivity contribution in [2.24, 2.45) is 7.05 Å². The third-order valence-corrected chi connectivity index (χ3v) is 5.29. The molecule has 0 saturated carbocycles. The predicted molar refractivity (Wildman–Crippen MR) is 83.6 cm³/mol. The van der Waals surface area contributed by atoms with Gasteiger partial charge in [-0.15, -0.1) is 11.3 Å². The molecule has 1 saturated heterocycles. The van der Waals surface area contributed by atoms with E-state index in [-0.39, 0.29) is 10.2 Å². The minimum Gasteiger partial charge on any atom is -0.864 e. The summed E-state index contributed by atoms with van der Waals surface area (Å²) in [6.45, 7) is 0. The van der Waals surface area contributed by atoms with Crippen molar-refractivity contribution in [2.45, 2.75) is 0 Å². The number of thiocarbonyl (C=S) groups is 1. The second-order valence-corrected chi connectivity index (χ2v) is 6.94. The van der Waals surface area contributed by atoms with Crippen LogP contribution in [0.1, 0.15) is 5.69 Å². The summed E-state index contributed by atoms with van der Waals surface area (Å²) in [7, 11) is 3.48. The van der Waals surface area contributed by atoms with Crippen molar-refractivity contribution in [3.8, 4) is 5.06 Å². The molecule has 0 aromatic carbocycles. The van der Waals surface area contributed by atoms with Crippen LogP contribution in [0.3, 0.4) is 0 Å². The molecule has 0 aliphatic carbocycles. The van der Waals surface area contributed by atoms with E-state index in [1.54, 1.807) is 41.8 Å². The second kappa shape index (κ2) is 5.58. The number of thioether (sulfide) groups is 1. The highest BCUT2D eigenvalue weighted by molar-refractivity contribution is 8.33. The topological polar surface area (TPSA) is 48.3 Å². The Morgan fingerprint density at radius 3 is 2.47 bits per heavy atom. The zero-order valence-electron chi connectivity index (χ0n) is 10.1. The van der Waals surface area contributed by atoms with Gasteiger partial charge in [0.15, 0.2) is 3.95 Å². The SMILES string of the molecule is CN1C(=S)SC(=O)/C1=C\C=Cc1c([O-])sc(=S)n1C. The number of nitrogens with zero attached hydrogens (tertiary/aromatic N) is 2.